The standard InChI is InChI=1S/C16H19F2N3O2S/c1-20-11-13(10-19-20)12-6-8-21(9-7-12)14-4-2-3-5-15(14)24(22,23)16(17)18/h2-5,10-12,16H,6-9H2,1H3. The van der Waals surface area contributed by atoms with Crippen molar-refractivity contribution >= 4 is 15.5 Å². The van der Waals surface area contributed by atoms with Crippen LogP contribution in [0, 0.1) is 0 Å². The summed E-state index contributed by atoms with van der Waals surface area (Å²) in [5.41, 5.74) is 1.52. The third kappa shape index (κ3) is 3.15. The lowest BCUT2D eigenvalue weighted by atomic mass is 9.91. The molecule has 0 unspecified atom stereocenters. The summed E-state index contributed by atoms with van der Waals surface area (Å²) in [6.07, 6.45) is 5.48. The number of aromatic nitrogens is 2. The number of nitrogens with zero attached hydrogens (tertiary/aromatic N) is 3. The van der Waals surface area contributed by atoms with E-state index in [-0.39, 0.29) is 4.90 Å². The fraction of sp³-hybridized carbons (Fsp3) is 0.438. The molecule has 1 saturated heterocycles. The van der Waals surface area contributed by atoms with Gasteiger partial charge in [-0.05, 0) is 36.5 Å². The molecule has 1 aliphatic heterocycles. The van der Waals surface area contributed by atoms with Crippen molar-refractivity contribution in [3.05, 3.63) is 42.2 Å². The second-order valence-electron chi connectivity index (χ2n) is 5.98. The first kappa shape index (κ1) is 16.9. The second-order valence-corrected chi connectivity index (χ2v) is 7.87. The number of hydrogen-bond donors (Lipinski definition) is 0. The normalized spacial score (nSPS) is 16.8. The Balaban J connectivity index is 1.80. The van der Waals surface area contributed by atoms with E-state index in [0.717, 1.165) is 18.4 Å². The first-order valence-electron chi connectivity index (χ1n) is 7.74. The predicted octanol–water partition coefficient (Wildman–Crippen LogP) is 2.80. The zero-order valence-electron chi connectivity index (χ0n) is 13.3. The Kier molecular flexibility index (Phi) is 4.58. The van der Waals surface area contributed by atoms with Gasteiger partial charge < -0.3 is 4.90 Å². The van der Waals surface area contributed by atoms with Crippen LogP contribution in [0.5, 0.6) is 0 Å². The van der Waals surface area contributed by atoms with Crippen molar-refractivity contribution in [2.45, 2.75) is 29.4 Å². The van der Waals surface area contributed by atoms with Crippen LogP contribution in [0.3, 0.4) is 0 Å². The lowest BCUT2D eigenvalue weighted by molar-refractivity contribution is 0.234. The quantitative estimate of drug-likeness (QED) is 0.846. The summed E-state index contributed by atoms with van der Waals surface area (Å²) in [6, 6.07) is 6.00. The van der Waals surface area contributed by atoms with E-state index in [0.29, 0.717) is 24.7 Å². The number of halogens is 2. The Morgan fingerprint density at radius 3 is 2.46 bits per heavy atom. The van der Waals surface area contributed by atoms with E-state index in [2.05, 4.69) is 5.10 Å². The Hall–Kier alpha value is -1.96. The van der Waals surface area contributed by atoms with Crippen LogP contribution in [0.4, 0.5) is 14.5 Å². The minimum absolute atomic E-state index is 0.292. The van der Waals surface area contributed by atoms with E-state index in [1.54, 1.807) is 16.8 Å². The van der Waals surface area contributed by atoms with E-state index >= 15 is 0 Å². The third-order valence-corrected chi connectivity index (χ3v) is 5.87. The molecule has 3 rings (SSSR count). The maximum absolute atomic E-state index is 12.9. The number of sulfone groups is 1. The van der Waals surface area contributed by atoms with Crippen LogP contribution in [0.25, 0.3) is 0 Å². The molecule has 0 spiro atoms. The Labute approximate surface area is 139 Å². The van der Waals surface area contributed by atoms with Gasteiger partial charge in [-0.3, -0.25) is 4.68 Å². The molecule has 130 valence electrons. The molecule has 0 bridgehead atoms. The van der Waals surface area contributed by atoms with Gasteiger partial charge in [0.15, 0.2) is 0 Å². The number of anilines is 1. The molecule has 1 aromatic carbocycles. The van der Waals surface area contributed by atoms with Gasteiger partial charge in [-0.2, -0.15) is 13.9 Å². The van der Waals surface area contributed by atoms with Gasteiger partial charge in [0.05, 0.1) is 16.8 Å². The molecule has 2 aromatic rings. The van der Waals surface area contributed by atoms with Gasteiger partial charge >= 0.3 is 5.76 Å². The zero-order chi connectivity index (χ0) is 17.3. The highest BCUT2D eigenvalue weighted by Crippen LogP contribution is 2.34. The molecule has 0 N–H and O–H groups in total. The fourth-order valence-corrected chi connectivity index (χ4v) is 4.11. The van der Waals surface area contributed by atoms with Crippen LogP contribution >= 0.6 is 0 Å². The van der Waals surface area contributed by atoms with Gasteiger partial charge in [-0.1, -0.05) is 12.1 Å². The number of aryl methyl sites for hydroxylation is 1. The number of para-hydroxylation sites is 1. The SMILES string of the molecule is Cn1cc(C2CCN(c3ccccc3S(=O)(=O)C(F)F)CC2)cn1. The van der Waals surface area contributed by atoms with E-state index in [1.165, 1.54) is 12.1 Å². The Morgan fingerprint density at radius 2 is 1.88 bits per heavy atom. The molecule has 0 atom stereocenters. The van der Waals surface area contributed by atoms with E-state index < -0.39 is 15.6 Å². The molecular weight excluding hydrogens is 336 g/mol. The monoisotopic (exact) mass is 355 g/mol. The molecule has 8 heteroatoms. The van der Waals surface area contributed by atoms with Gasteiger partial charge in [-0.25, -0.2) is 8.42 Å². The van der Waals surface area contributed by atoms with Gasteiger partial charge in [0, 0.05) is 26.3 Å². The lowest BCUT2D eigenvalue weighted by Crippen LogP contribution is -2.34. The van der Waals surface area contributed by atoms with E-state index in [1.807, 2.05) is 24.3 Å². The minimum atomic E-state index is -4.61. The number of rotatable bonds is 4. The van der Waals surface area contributed by atoms with Crippen LogP contribution in [0.1, 0.15) is 24.3 Å². The highest BCUT2D eigenvalue weighted by atomic mass is 32.2. The summed E-state index contributed by atoms with van der Waals surface area (Å²) < 4.78 is 51.4. The van der Waals surface area contributed by atoms with Gasteiger partial charge in [0.1, 0.15) is 0 Å². The minimum Gasteiger partial charge on any atom is -0.370 e. The number of benzene rings is 1. The van der Waals surface area contributed by atoms with Crippen molar-refractivity contribution in [3.8, 4) is 0 Å². The molecule has 0 amide bonds. The predicted molar refractivity (Wildman–Crippen MR) is 87.0 cm³/mol. The van der Waals surface area contributed by atoms with Gasteiger partial charge in [-0.15, -0.1) is 0 Å². The molecule has 1 fully saturated rings. The maximum Gasteiger partial charge on any atom is 0.341 e. The largest absolute Gasteiger partial charge is 0.370 e. The first-order valence-corrected chi connectivity index (χ1v) is 9.29. The van der Waals surface area contributed by atoms with E-state index in [4.69, 9.17) is 0 Å². The summed E-state index contributed by atoms with van der Waals surface area (Å²) in [4.78, 5) is 1.59. The molecule has 2 heterocycles. The van der Waals surface area contributed by atoms with Gasteiger partial charge in [0.25, 0.3) is 0 Å². The topological polar surface area (TPSA) is 55.2 Å². The van der Waals surface area contributed by atoms with Crippen molar-refractivity contribution in [2.24, 2.45) is 7.05 Å². The third-order valence-electron chi connectivity index (χ3n) is 4.44. The molecule has 24 heavy (non-hydrogen) atoms. The molecular formula is C16H19F2N3O2S. The average Bonchev–Trinajstić information content (AvgIpc) is 3.01. The zero-order valence-corrected chi connectivity index (χ0v) is 14.1. The number of piperidine rings is 1. The van der Waals surface area contributed by atoms with Crippen molar-refractivity contribution in [1.29, 1.82) is 0 Å². The van der Waals surface area contributed by atoms with Crippen LogP contribution in [-0.4, -0.2) is 37.0 Å². The van der Waals surface area contributed by atoms with Crippen molar-refractivity contribution < 1.29 is 17.2 Å². The molecule has 0 saturated carbocycles. The smallest absolute Gasteiger partial charge is 0.341 e. The highest BCUT2D eigenvalue weighted by Gasteiger charge is 2.31. The fourth-order valence-electron chi connectivity index (χ4n) is 3.16. The van der Waals surface area contributed by atoms with Crippen LogP contribution < -0.4 is 4.90 Å². The Morgan fingerprint density at radius 1 is 1.21 bits per heavy atom. The van der Waals surface area contributed by atoms with Crippen LogP contribution in [-0.2, 0) is 16.9 Å². The maximum atomic E-state index is 12.9. The number of alkyl halides is 2. The summed E-state index contributed by atoms with van der Waals surface area (Å²) in [6.45, 7) is 1.24. The molecule has 0 radical (unpaired) electrons. The van der Waals surface area contributed by atoms with Crippen LogP contribution in [0.15, 0.2) is 41.6 Å². The van der Waals surface area contributed by atoms with Crippen molar-refractivity contribution in [1.82, 2.24) is 9.78 Å². The van der Waals surface area contributed by atoms with Crippen molar-refractivity contribution in [2.75, 3.05) is 18.0 Å². The highest BCUT2D eigenvalue weighted by molar-refractivity contribution is 7.91. The molecule has 5 nitrogen and oxygen atoms in total. The average molecular weight is 355 g/mol. The first-order chi connectivity index (χ1) is 11.4. The molecule has 0 aliphatic carbocycles. The van der Waals surface area contributed by atoms with E-state index in [9.17, 15) is 17.2 Å². The second kappa shape index (κ2) is 6.51. The molecule has 1 aromatic heterocycles. The molecule has 1 aliphatic rings. The van der Waals surface area contributed by atoms with Crippen LogP contribution in [0.2, 0.25) is 0 Å². The Bertz CT molecular complexity index is 812. The van der Waals surface area contributed by atoms with Crippen molar-refractivity contribution in [3.63, 3.8) is 0 Å². The van der Waals surface area contributed by atoms with Gasteiger partial charge in [0.2, 0.25) is 9.84 Å². The summed E-state index contributed by atoms with van der Waals surface area (Å²) in [7, 11) is -2.74. The lowest BCUT2D eigenvalue weighted by Gasteiger charge is -2.34. The number of hydrogen-bond acceptors (Lipinski definition) is 4. The summed E-state index contributed by atoms with van der Waals surface area (Å²) in [5, 5.41) is 4.18. The summed E-state index contributed by atoms with van der Waals surface area (Å²) >= 11 is 0. The summed E-state index contributed by atoms with van der Waals surface area (Å²) in [5.74, 6) is -3.06.